The first-order valence-electron chi connectivity index (χ1n) is 8.21. The molecule has 1 N–H and O–H groups in total. The minimum Gasteiger partial charge on any atom is -0.475 e. The average Bonchev–Trinajstić information content (AvgIpc) is 2.60. The fourth-order valence-corrected chi connectivity index (χ4v) is 5.33. The quantitative estimate of drug-likeness (QED) is 0.374. The van der Waals surface area contributed by atoms with Crippen molar-refractivity contribution in [2.45, 2.75) is 51.9 Å². The number of ether oxygens (including phenoxy) is 1. The van der Waals surface area contributed by atoms with Crippen LogP contribution < -0.4 is 0 Å². The molecule has 6 heteroatoms. The van der Waals surface area contributed by atoms with Crippen LogP contribution in [-0.2, 0) is 9.16 Å². The Morgan fingerprint density at radius 2 is 1.70 bits per heavy atom. The fourth-order valence-electron chi connectivity index (χ4n) is 2.58. The van der Waals surface area contributed by atoms with Crippen LogP contribution in [0.25, 0.3) is 4.98 Å². The second-order valence-corrected chi connectivity index (χ2v) is 10.1. The zero-order valence-electron chi connectivity index (χ0n) is 14.5. The summed E-state index contributed by atoms with van der Waals surface area (Å²) in [5.74, 6) is -0.393. The van der Waals surface area contributed by atoms with Gasteiger partial charge in [-0.2, -0.15) is 0 Å². The van der Waals surface area contributed by atoms with Gasteiger partial charge in [0.05, 0.1) is 6.61 Å². The Hall–Kier alpha value is -1.84. The molecular weight excluding hydrogens is 308 g/mol. The molecule has 0 radical (unpaired) electrons. The topological polar surface area (TPSA) is 66.8 Å². The van der Waals surface area contributed by atoms with Crippen LogP contribution in [0.3, 0.4) is 0 Å². The summed E-state index contributed by atoms with van der Waals surface area (Å²) < 4.78 is 11.6. The van der Waals surface area contributed by atoms with E-state index in [-0.39, 0.29) is 12.3 Å². The summed E-state index contributed by atoms with van der Waals surface area (Å²) in [4.78, 5) is 3.27. The predicted octanol–water partition coefficient (Wildman–Crippen LogP) is 5.37. The van der Waals surface area contributed by atoms with Crippen molar-refractivity contribution in [2.24, 2.45) is 0 Å². The van der Waals surface area contributed by atoms with E-state index in [9.17, 15) is 10.5 Å². The van der Waals surface area contributed by atoms with E-state index in [1.54, 1.807) is 6.92 Å². The van der Waals surface area contributed by atoms with Gasteiger partial charge >= 0.3 is 11.6 Å². The van der Waals surface area contributed by atoms with Crippen LogP contribution in [0.15, 0.2) is 42.0 Å². The fraction of sp³-hybridized carbons (Fsp3) is 0.529. The van der Waals surface area contributed by atoms with Gasteiger partial charge in [-0.3, -0.25) is 0 Å². The van der Waals surface area contributed by atoms with Gasteiger partial charge in [-0.15, -0.1) is 0 Å². The van der Waals surface area contributed by atoms with Gasteiger partial charge in [0.1, 0.15) is 0 Å². The number of nitrogens with zero attached hydrogens (tertiary/aromatic N) is 2. The molecule has 0 aliphatic heterocycles. The molecule has 1 rings (SSSR count). The number of rotatable bonds is 9. The molecule has 0 aromatic heterocycles. The predicted molar refractivity (Wildman–Crippen MR) is 93.8 cm³/mol. The number of benzene rings is 1. The van der Waals surface area contributed by atoms with Crippen molar-refractivity contribution in [2.75, 3.05) is 6.61 Å². The summed E-state index contributed by atoms with van der Waals surface area (Å²) in [6.45, 7) is 8.42. The molecule has 0 spiro atoms. The zero-order chi connectivity index (χ0) is 17.3. The summed E-state index contributed by atoms with van der Waals surface area (Å²) >= 11 is 0. The Morgan fingerprint density at radius 1 is 1.13 bits per heavy atom. The number of hydrogen-bond acceptors (Lipinski definition) is 4. The third-order valence-corrected chi connectivity index (χ3v) is 8.86. The first-order chi connectivity index (χ1) is 11.1. The molecule has 0 heterocycles. The highest BCUT2D eigenvalue weighted by Crippen LogP contribution is 2.35. The Labute approximate surface area is 139 Å². The maximum Gasteiger partial charge on any atom is 0.472 e. The van der Waals surface area contributed by atoms with Gasteiger partial charge < -0.3 is 14.3 Å². The minimum atomic E-state index is -1.98. The lowest BCUT2D eigenvalue weighted by Gasteiger charge is -2.31. The SMILES string of the molecule is CCO/C(O)=C(\[N+]#N)C(O[Si](CC)(CC)CC)c1ccccc1. The van der Waals surface area contributed by atoms with Crippen molar-refractivity contribution in [3.8, 4) is 0 Å². The lowest BCUT2D eigenvalue weighted by molar-refractivity contribution is 0.0887. The van der Waals surface area contributed by atoms with Crippen LogP contribution in [0.2, 0.25) is 18.1 Å². The highest BCUT2D eigenvalue weighted by molar-refractivity contribution is 6.73. The van der Waals surface area contributed by atoms with Crippen molar-refractivity contribution >= 4 is 8.32 Å². The molecule has 1 unspecified atom stereocenters. The van der Waals surface area contributed by atoms with Crippen LogP contribution in [0.4, 0.5) is 0 Å². The molecule has 126 valence electrons. The van der Waals surface area contributed by atoms with Gasteiger partial charge in [0.15, 0.2) is 19.4 Å². The molecule has 0 aliphatic rings. The van der Waals surface area contributed by atoms with Crippen LogP contribution in [0.1, 0.15) is 39.4 Å². The second kappa shape index (κ2) is 9.33. The number of aliphatic hydroxyl groups excluding tert-OH is 1. The van der Waals surface area contributed by atoms with E-state index >= 15 is 0 Å². The smallest absolute Gasteiger partial charge is 0.472 e. The summed E-state index contributed by atoms with van der Waals surface area (Å²) in [6, 6.07) is 12.4. The van der Waals surface area contributed by atoms with Crippen molar-refractivity contribution < 1.29 is 14.3 Å². The molecule has 1 atom stereocenters. The molecular formula is C17H27N2O3Si+. The van der Waals surface area contributed by atoms with E-state index in [2.05, 4.69) is 25.7 Å². The van der Waals surface area contributed by atoms with E-state index in [1.165, 1.54) is 0 Å². The summed E-state index contributed by atoms with van der Waals surface area (Å²) in [5.41, 5.74) is 0.851. The maximum atomic E-state index is 10.1. The molecule has 0 fully saturated rings. The van der Waals surface area contributed by atoms with Gasteiger partial charge in [-0.1, -0.05) is 51.1 Å². The standard InChI is InChI=1S/C17H26N2O3Si/c1-5-21-17(20)15(19-18)16(14-12-10-9-11-13-14)22-23(6-2,7-3)8-4/h9-13,16H,5-8H2,1-4H3/p+1/b17-15-. The molecule has 0 amide bonds. The third kappa shape index (κ3) is 4.81. The number of aliphatic hydroxyl groups is 1. The molecule has 5 nitrogen and oxygen atoms in total. The Bertz CT molecular complexity index is 542. The van der Waals surface area contributed by atoms with E-state index in [0.717, 1.165) is 23.7 Å². The summed E-state index contributed by atoms with van der Waals surface area (Å²) in [6.07, 6.45) is -0.640. The van der Waals surface area contributed by atoms with Crippen LogP contribution in [-0.4, -0.2) is 20.0 Å². The Kier molecular flexibility index (Phi) is 7.79. The molecule has 23 heavy (non-hydrogen) atoms. The van der Waals surface area contributed by atoms with Crippen molar-refractivity contribution in [3.63, 3.8) is 0 Å². The molecule has 0 saturated heterocycles. The summed E-state index contributed by atoms with van der Waals surface area (Å²) in [7, 11) is -1.98. The monoisotopic (exact) mass is 335 g/mol. The van der Waals surface area contributed by atoms with Gasteiger partial charge in [0.25, 0.3) is 0 Å². The second-order valence-electron chi connectivity index (χ2n) is 5.38. The normalized spacial score (nSPS) is 13.9. The van der Waals surface area contributed by atoms with Crippen LogP contribution >= 0.6 is 0 Å². The first-order valence-corrected chi connectivity index (χ1v) is 10.7. The summed E-state index contributed by atoms with van der Waals surface area (Å²) in [5, 5.41) is 19.5. The van der Waals surface area contributed by atoms with Gasteiger partial charge in [-0.25, -0.2) is 0 Å². The third-order valence-electron chi connectivity index (χ3n) is 4.26. The van der Waals surface area contributed by atoms with E-state index in [1.807, 2.05) is 30.3 Å². The van der Waals surface area contributed by atoms with E-state index < -0.39 is 20.4 Å². The van der Waals surface area contributed by atoms with E-state index in [4.69, 9.17) is 9.16 Å². The molecule has 0 bridgehead atoms. The largest absolute Gasteiger partial charge is 0.475 e. The van der Waals surface area contributed by atoms with E-state index in [0.29, 0.717) is 0 Å². The molecule has 0 saturated carbocycles. The Morgan fingerprint density at radius 3 is 2.13 bits per heavy atom. The Balaban J connectivity index is 3.34. The van der Waals surface area contributed by atoms with Crippen molar-refractivity contribution in [1.29, 1.82) is 5.39 Å². The highest BCUT2D eigenvalue weighted by atomic mass is 28.4. The van der Waals surface area contributed by atoms with Gasteiger partial charge in [0.2, 0.25) is 5.39 Å². The average molecular weight is 335 g/mol. The first kappa shape index (κ1) is 19.2. The van der Waals surface area contributed by atoms with Gasteiger partial charge in [0, 0.05) is 0 Å². The number of hydrogen-bond donors (Lipinski definition) is 1. The highest BCUT2D eigenvalue weighted by Gasteiger charge is 2.41. The molecule has 0 aliphatic carbocycles. The number of diazo groups is 1. The van der Waals surface area contributed by atoms with Crippen molar-refractivity contribution in [1.82, 2.24) is 0 Å². The minimum absolute atomic E-state index is 0.0188. The lowest BCUT2D eigenvalue weighted by Crippen LogP contribution is -2.37. The zero-order valence-corrected chi connectivity index (χ0v) is 15.5. The molecule has 1 aromatic carbocycles. The van der Waals surface area contributed by atoms with Gasteiger partial charge in [-0.05, 0) is 30.6 Å². The van der Waals surface area contributed by atoms with Crippen molar-refractivity contribution in [3.05, 3.63) is 52.5 Å². The lowest BCUT2D eigenvalue weighted by atomic mass is 10.1. The maximum absolute atomic E-state index is 10.1. The van der Waals surface area contributed by atoms with Crippen LogP contribution in [0, 0.1) is 5.39 Å². The molecule has 1 aromatic rings. The van der Waals surface area contributed by atoms with Crippen LogP contribution in [0.5, 0.6) is 0 Å².